The lowest BCUT2D eigenvalue weighted by Crippen LogP contribution is -2.42. The average Bonchev–Trinajstić information content (AvgIpc) is 3.82. The fourth-order valence-corrected chi connectivity index (χ4v) is 5.71. The zero-order valence-corrected chi connectivity index (χ0v) is 30.0. The number of aryl methyl sites for hydroxylation is 1. The van der Waals surface area contributed by atoms with Gasteiger partial charge in [-0.05, 0) is 95.6 Å². The molecule has 4 rings (SSSR count). The minimum absolute atomic E-state index is 0.0626. The third kappa shape index (κ3) is 11.4. The summed E-state index contributed by atoms with van der Waals surface area (Å²) in [5.41, 5.74) is 9.72. The van der Waals surface area contributed by atoms with Crippen LogP contribution in [0, 0.1) is 28.6 Å². The van der Waals surface area contributed by atoms with Crippen molar-refractivity contribution in [3.05, 3.63) is 57.7 Å². The molecule has 12 heteroatoms. The smallest absolute Gasteiger partial charge is 0.215 e. The normalized spacial score (nSPS) is 17.5. The number of hydrogen-bond donors (Lipinski definition) is 4. The van der Waals surface area contributed by atoms with Crippen LogP contribution in [0.3, 0.4) is 0 Å². The topological polar surface area (TPSA) is 148 Å². The molecule has 2 unspecified atom stereocenters. The molecule has 45 heavy (non-hydrogen) atoms. The van der Waals surface area contributed by atoms with Gasteiger partial charge < -0.3 is 15.4 Å². The summed E-state index contributed by atoms with van der Waals surface area (Å²) < 4.78 is 23.2. The predicted molar refractivity (Wildman–Crippen MR) is 188 cm³/mol. The Hall–Kier alpha value is -3.02. The Morgan fingerprint density at radius 2 is 1.76 bits per heavy atom. The number of nitrogens with one attached hydrogen (secondary N) is 3. The van der Waals surface area contributed by atoms with Crippen LogP contribution >= 0.6 is 11.6 Å². The lowest BCUT2D eigenvalue weighted by molar-refractivity contribution is 0.0510. The molecule has 5 N–H and O–H groups in total. The number of hydrogen-bond acceptors (Lipinski definition) is 6. The number of amidine groups is 2. The SMILES string of the molecule is CC.CC(=N)N(C)C(C)=N.Cc1cc(Cl)cc(C(C)N2CCC(C)(COc3cc(=N)n(/C(N)=N/S(C)=O)cc3C3CC3)CC2)c1. The molecule has 1 saturated carbocycles. The maximum Gasteiger partial charge on any atom is 0.215 e. The molecule has 0 amide bonds. The van der Waals surface area contributed by atoms with Crippen molar-refractivity contribution < 1.29 is 8.95 Å². The average molecular weight is 661 g/mol. The largest absolute Gasteiger partial charge is 0.493 e. The van der Waals surface area contributed by atoms with Crippen molar-refractivity contribution in [3.63, 3.8) is 0 Å². The van der Waals surface area contributed by atoms with Gasteiger partial charge in [0, 0.05) is 47.6 Å². The van der Waals surface area contributed by atoms with E-state index in [0.717, 1.165) is 55.1 Å². The molecular formula is C33H53ClN8O2S. The zero-order chi connectivity index (χ0) is 34.1. The second-order valence-electron chi connectivity index (χ2n) is 12.1. The minimum Gasteiger partial charge on any atom is -0.493 e. The molecule has 0 radical (unpaired) electrons. The fraction of sp³-hybridized carbons (Fsp3) is 0.576. The van der Waals surface area contributed by atoms with Crippen LogP contribution in [0.1, 0.15) is 95.9 Å². The first kappa shape index (κ1) is 38.2. The second-order valence-corrected chi connectivity index (χ2v) is 13.6. The number of nitrogens with two attached hydrogens (primary N) is 1. The molecule has 1 saturated heterocycles. The van der Waals surface area contributed by atoms with E-state index in [1.807, 2.05) is 26.1 Å². The molecule has 2 aliphatic rings. The Kier molecular flexibility index (Phi) is 14.5. The van der Waals surface area contributed by atoms with E-state index in [4.69, 9.17) is 38.3 Å². The molecule has 2 heterocycles. The van der Waals surface area contributed by atoms with Gasteiger partial charge in [-0.3, -0.25) is 25.7 Å². The number of benzene rings is 1. The Morgan fingerprint density at radius 1 is 1.18 bits per heavy atom. The number of rotatable bonds is 7. The van der Waals surface area contributed by atoms with Crippen molar-refractivity contribution >= 4 is 40.2 Å². The highest BCUT2D eigenvalue weighted by Gasteiger charge is 2.34. The highest BCUT2D eigenvalue weighted by molar-refractivity contribution is 7.83. The monoisotopic (exact) mass is 660 g/mol. The summed E-state index contributed by atoms with van der Waals surface area (Å²) in [5, 5.41) is 23.2. The van der Waals surface area contributed by atoms with Crippen LogP contribution < -0.4 is 16.0 Å². The first-order chi connectivity index (χ1) is 21.1. The van der Waals surface area contributed by atoms with Crippen LogP contribution in [0.5, 0.6) is 5.75 Å². The van der Waals surface area contributed by atoms with Crippen LogP contribution in [0.2, 0.25) is 5.02 Å². The maximum absolute atomic E-state index is 11.5. The van der Waals surface area contributed by atoms with E-state index >= 15 is 0 Å². The summed E-state index contributed by atoms with van der Waals surface area (Å²) in [6.45, 7) is 16.5. The van der Waals surface area contributed by atoms with E-state index < -0.39 is 11.0 Å². The van der Waals surface area contributed by atoms with Gasteiger partial charge in [-0.15, -0.1) is 0 Å². The molecule has 250 valence electrons. The molecule has 1 aromatic carbocycles. The second kappa shape index (κ2) is 17.1. The number of pyridine rings is 1. The maximum atomic E-state index is 11.5. The minimum atomic E-state index is -1.43. The van der Waals surface area contributed by atoms with E-state index in [-0.39, 0.29) is 16.9 Å². The summed E-state index contributed by atoms with van der Waals surface area (Å²) >= 11 is 6.30. The van der Waals surface area contributed by atoms with Gasteiger partial charge >= 0.3 is 0 Å². The third-order valence-electron chi connectivity index (χ3n) is 8.25. The summed E-state index contributed by atoms with van der Waals surface area (Å²) in [6, 6.07) is 8.33. The summed E-state index contributed by atoms with van der Waals surface area (Å²) in [5.74, 6) is 2.03. The van der Waals surface area contributed by atoms with Gasteiger partial charge in [-0.2, -0.15) is 4.40 Å². The van der Waals surface area contributed by atoms with Gasteiger partial charge in [0.05, 0.1) is 18.3 Å². The predicted octanol–water partition coefficient (Wildman–Crippen LogP) is 6.44. The van der Waals surface area contributed by atoms with Gasteiger partial charge in [0.2, 0.25) is 5.96 Å². The first-order valence-electron chi connectivity index (χ1n) is 15.6. The standard InChI is InChI=1S/C26H36ClN5O2S.C5H11N3.C2H6/c1-17-11-20(13-21(27)12-17)18(2)31-9-7-26(3,8-10-31)16-34-23-14-24(28)32(25(29)30-35(4)33)15-22(23)19-5-6-19;1-4(6)8(3)5(2)7;1-2/h11-15,18-19,28H,5-10,16H2,1-4H3,(H2,29,30);6-7H,1-3H3;1-2H3. The van der Waals surface area contributed by atoms with Crippen molar-refractivity contribution in [2.24, 2.45) is 15.5 Å². The van der Waals surface area contributed by atoms with Crippen molar-refractivity contribution in [1.29, 1.82) is 16.2 Å². The number of piperidine rings is 1. The van der Waals surface area contributed by atoms with Crippen molar-refractivity contribution in [2.75, 3.05) is 33.0 Å². The van der Waals surface area contributed by atoms with Gasteiger partial charge in [0.25, 0.3) is 0 Å². The van der Waals surface area contributed by atoms with Crippen LogP contribution in [0.4, 0.5) is 0 Å². The first-order valence-corrected chi connectivity index (χ1v) is 17.5. The Balaban J connectivity index is 0.000000615. The van der Waals surface area contributed by atoms with E-state index in [9.17, 15) is 4.21 Å². The van der Waals surface area contributed by atoms with Gasteiger partial charge in [-0.25, -0.2) is 4.21 Å². The van der Waals surface area contributed by atoms with Crippen LogP contribution in [-0.2, 0) is 11.0 Å². The Labute approximate surface area is 277 Å². The van der Waals surface area contributed by atoms with Crippen LogP contribution in [0.15, 0.2) is 34.9 Å². The quantitative estimate of drug-likeness (QED) is 0.199. The van der Waals surface area contributed by atoms with Gasteiger partial charge in [0.15, 0.2) is 0 Å². The van der Waals surface area contributed by atoms with Crippen LogP contribution in [0.25, 0.3) is 0 Å². The molecule has 2 fully saturated rings. The van der Waals surface area contributed by atoms with E-state index in [0.29, 0.717) is 30.2 Å². The number of nitrogens with zero attached hydrogens (tertiary/aromatic N) is 4. The van der Waals surface area contributed by atoms with Crippen LogP contribution in [-0.4, -0.2) is 69.2 Å². The van der Waals surface area contributed by atoms with Gasteiger partial charge in [-0.1, -0.05) is 38.4 Å². The number of aromatic nitrogens is 1. The molecule has 1 aromatic heterocycles. The number of likely N-dealkylation sites (tertiary alicyclic amines) is 1. The highest BCUT2D eigenvalue weighted by Crippen LogP contribution is 2.44. The zero-order valence-electron chi connectivity index (χ0n) is 28.5. The fourth-order valence-electron chi connectivity index (χ4n) is 5.06. The molecule has 1 aliphatic carbocycles. The lowest BCUT2D eigenvalue weighted by atomic mass is 9.80. The Bertz CT molecular complexity index is 1410. The van der Waals surface area contributed by atoms with Crippen molar-refractivity contribution in [1.82, 2.24) is 14.4 Å². The number of ether oxygens (including phenoxy) is 1. The molecule has 0 spiro atoms. The summed E-state index contributed by atoms with van der Waals surface area (Å²) in [6.07, 6.45) is 7.56. The van der Waals surface area contributed by atoms with Crippen molar-refractivity contribution in [3.8, 4) is 5.75 Å². The van der Waals surface area contributed by atoms with E-state index in [1.165, 1.54) is 26.8 Å². The van der Waals surface area contributed by atoms with E-state index in [2.05, 4.69) is 42.2 Å². The third-order valence-corrected chi connectivity index (χ3v) is 8.91. The van der Waals surface area contributed by atoms with Crippen molar-refractivity contribution in [2.45, 2.75) is 86.1 Å². The lowest BCUT2D eigenvalue weighted by Gasteiger charge is -2.42. The Morgan fingerprint density at radius 3 is 2.22 bits per heavy atom. The number of halogens is 1. The van der Waals surface area contributed by atoms with E-state index in [1.54, 1.807) is 27.0 Å². The summed E-state index contributed by atoms with van der Waals surface area (Å²) in [4.78, 5) is 4.02. The highest BCUT2D eigenvalue weighted by atomic mass is 35.5. The molecule has 1 aliphatic heterocycles. The molecule has 2 atom stereocenters. The molecule has 10 nitrogen and oxygen atoms in total. The molecular weight excluding hydrogens is 608 g/mol. The molecule has 0 bridgehead atoms. The summed E-state index contributed by atoms with van der Waals surface area (Å²) in [7, 11) is 0.271. The molecule has 2 aromatic rings. The van der Waals surface area contributed by atoms with Gasteiger partial charge in [0.1, 0.15) is 22.2 Å².